The third-order valence-corrected chi connectivity index (χ3v) is 10.6. The monoisotopic (exact) mass is 393 g/mol. The smallest absolute Gasteiger partial charge is 0.249 e. The first-order chi connectivity index (χ1) is 12.2. The van der Waals surface area contributed by atoms with E-state index in [4.69, 9.17) is 0 Å². The molecule has 4 rings (SSSR count). The van der Waals surface area contributed by atoms with E-state index < -0.39 is 10.0 Å². The van der Waals surface area contributed by atoms with E-state index in [1.165, 1.54) is 16.1 Å². The molecule has 6 heteroatoms. The third kappa shape index (κ3) is 2.40. The van der Waals surface area contributed by atoms with Crippen LogP contribution in [0, 0.1) is 16.7 Å². The van der Waals surface area contributed by atoms with E-state index in [1.54, 1.807) is 0 Å². The Morgan fingerprint density at radius 3 is 2.62 bits per heavy atom. The minimum atomic E-state index is -3.54. The van der Waals surface area contributed by atoms with Gasteiger partial charge in [-0.25, -0.2) is 12.7 Å². The van der Waals surface area contributed by atoms with E-state index in [0.29, 0.717) is 12.3 Å². The first-order valence-electron chi connectivity index (χ1n) is 9.50. The molecule has 1 saturated heterocycles. The van der Waals surface area contributed by atoms with Gasteiger partial charge >= 0.3 is 0 Å². The van der Waals surface area contributed by atoms with Gasteiger partial charge in [0.15, 0.2) is 0 Å². The molecule has 1 heterocycles. The van der Waals surface area contributed by atoms with Crippen molar-refractivity contribution in [1.82, 2.24) is 4.31 Å². The lowest BCUT2D eigenvalue weighted by molar-refractivity contribution is -0.128. The van der Waals surface area contributed by atoms with Crippen LogP contribution in [-0.2, 0) is 14.8 Å². The van der Waals surface area contributed by atoms with Crippen LogP contribution in [0.4, 0.5) is 0 Å². The molecule has 4 nitrogen and oxygen atoms in total. The minimum absolute atomic E-state index is 0.00590. The molecule has 2 bridgehead atoms. The summed E-state index contributed by atoms with van der Waals surface area (Å²) in [5.41, 5.74) is -0.254. The van der Waals surface area contributed by atoms with Crippen LogP contribution in [0.1, 0.15) is 46.5 Å². The summed E-state index contributed by atoms with van der Waals surface area (Å²) in [6.07, 6.45) is 3.49. The van der Waals surface area contributed by atoms with Gasteiger partial charge in [0.05, 0.1) is 17.0 Å². The maximum Gasteiger partial charge on any atom is 0.249 e. The van der Waals surface area contributed by atoms with Crippen molar-refractivity contribution in [3.05, 3.63) is 30.3 Å². The molecule has 0 N–H and O–H groups in total. The van der Waals surface area contributed by atoms with Crippen molar-refractivity contribution in [3.63, 3.8) is 0 Å². The van der Waals surface area contributed by atoms with E-state index in [1.807, 2.05) is 37.3 Å². The average Bonchev–Trinajstić information content (AvgIpc) is 3.07. The Hall–Kier alpha value is -1.01. The van der Waals surface area contributed by atoms with Crippen LogP contribution in [0.25, 0.3) is 0 Å². The van der Waals surface area contributed by atoms with Gasteiger partial charge < -0.3 is 0 Å². The fourth-order valence-corrected chi connectivity index (χ4v) is 9.36. The number of benzene rings is 1. The van der Waals surface area contributed by atoms with Crippen molar-refractivity contribution in [2.24, 2.45) is 16.7 Å². The molecule has 2 aliphatic carbocycles. The Morgan fingerprint density at radius 1 is 1.31 bits per heavy atom. The van der Waals surface area contributed by atoms with Gasteiger partial charge in [-0.15, -0.1) is 11.8 Å². The van der Waals surface area contributed by atoms with Gasteiger partial charge in [-0.3, -0.25) is 4.79 Å². The topological polar surface area (TPSA) is 54.5 Å². The number of nitrogens with zero attached hydrogens (tertiary/aromatic N) is 1. The summed E-state index contributed by atoms with van der Waals surface area (Å²) in [6.45, 7) is 6.38. The van der Waals surface area contributed by atoms with Crippen molar-refractivity contribution in [2.75, 3.05) is 5.75 Å². The number of amides is 1. The molecule has 1 amide bonds. The normalized spacial score (nSPS) is 34.7. The van der Waals surface area contributed by atoms with Gasteiger partial charge in [-0.2, -0.15) is 0 Å². The van der Waals surface area contributed by atoms with Crippen LogP contribution in [0.15, 0.2) is 35.2 Å². The number of rotatable bonds is 4. The zero-order valence-electron chi connectivity index (χ0n) is 15.6. The summed E-state index contributed by atoms with van der Waals surface area (Å²) >= 11 is 1.48. The molecule has 1 aromatic rings. The lowest BCUT2D eigenvalue weighted by atomic mass is 9.69. The van der Waals surface area contributed by atoms with E-state index in [9.17, 15) is 13.2 Å². The van der Waals surface area contributed by atoms with Crippen LogP contribution in [0.3, 0.4) is 0 Å². The first-order valence-corrected chi connectivity index (χ1v) is 12.0. The van der Waals surface area contributed by atoms with Gasteiger partial charge in [0.1, 0.15) is 0 Å². The molecule has 1 spiro atoms. The molecule has 2 saturated carbocycles. The largest absolute Gasteiger partial charge is 0.272 e. The Bertz CT molecular complexity index is 821. The van der Waals surface area contributed by atoms with Crippen molar-refractivity contribution in [1.29, 1.82) is 0 Å². The molecule has 3 fully saturated rings. The second-order valence-electron chi connectivity index (χ2n) is 8.58. The van der Waals surface area contributed by atoms with Crippen LogP contribution >= 0.6 is 11.8 Å². The lowest BCUT2D eigenvalue weighted by Crippen LogP contribution is -2.47. The molecule has 4 atom stereocenters. The molecule has 0 radical (unpaired) electrons. The number of carbonyl (C=O) groups excluding carboxylic acids is 1. The highest BCUT2D eigenvalue weighted by atomic mass is 32.2. The average molecular weight is 394 g/mol. The molecule has 142 valence electrons. The van der Waals surface area contributed by atoms with Gasteiger partial charge in [0.2, 0.25) is 15.9 Å². The van der Waals surface area contributed by atoms with E-state index in [0.717, 1.165) is 24.2 Å². The highest BCUT2D eigenvalue weighted by molar-refractivity contribution is 8.00. The molecule has 0 aromatic heterocycles. The molecular formula is C20H27NO3S2. The zero-order valence-corrected chi connectivity index (χ0v) is 17.3. The third-order valence-electron chi connectivity index (χ3n) is 7.30. The number of fused-ring (bicyclic) bond motifs is 1. The van der Waals surface area contributed by atoms with E-state index in [2.05, 4.69) is 13.8 Å². The van der Waals surface area contributed by atoms with Crippen molar-refractivity contribution >= 4 is 27.7 Å². The molecule has 1 aliphatic heterocycles. The predicted molar refractivity (Wildman–Crippen MR) is 104 cm³/mol. The maximum atomic E-state index is 13.3. The number of sulfonamides is 1. The lowest BCUT2D eigenvalue weighted by Gasteiger charge is -2.37. The summed E-state index contributed by atoms with van der Waals surface area (Å²) in [6, 6.07) is 9.64. The maximum absolute atomic E-state index is 13.3. The van der Waals surface area contributed by atoms with Crippen molar-refractivity contribution in [3.8, 4) is 0 Å². The van der Waals surface area contributed by atoms with Crippen LogP contribution < -0.4 is 0 Å². The fraction of sp³-hybridized carbons (Fsp3) is 0.650. The SMILES string of the molecule is CCC(Sc1ccccc1)C(=O)N1C2CC3CCC2(CS1(=O)=O)C3(C)C. The standard InChI is InChI=1S/C20H27NO3S2/c1-4-16(25-15-8-6-5-7-9-15)18(22)21-17-12-14-10-11-20(17,19(14,2)3)13-26(21,23)24/h5-9,14,16-17H,4,10-13H2,1-3H3. The minimum Gasteiger partial charge on any atom is -0.272 e. The summed E-state index contributed by atoms with van der Waals surface area (Å²) in [5, 5.41) is -0.357. The van der Waals surface area contributed by atoms with Crippen molar-refractivity contribution < 1.29 is 13.2 Å². The van der Waals surface area contributed by atoms with E-state index >= 15 is 0 Å². The second-order valence-corrected chi connectivity index (χ2v) is 11.7. The van der Waals surface area contributed by atoms with Crippen LogP contribution in [0.5, 0.6) is 0 Å². The zero-order chi connectivity index (χ0) is 18.7. The highest BCUT2D eigenvalue weighted by Gasteiger charge is 2.72. The van der Waals surface area contributed by atoms with Crippen molar-refractivity contribution in [2.45, 2.75) is 62.6 Å². The highest BCUT2D eigenvalue weighted by Crippen LogP contribution is 2.70. The Labute approximate surface area is 160 Å². The Balaban J connectivity index is 1.65. The van der Waals surface area contributed by atoms with Gasteiger partial charge in [0, 0.05) is 10.3 Å². The summed E-state index contributed by atoms with van der Waals surface area (Å²) in [4.78, 5) is 14.4. The van der Waals surface area contributed by atoms with E-state index in [-0.39, 0.29) is 33.8 Å². The van der Waals surface area contributed by atoms with Gasteiger partial charge in [0.25, 0.3) is 0 Å². The molecule has 26 heavy (non-hydrogen) atoms. The summed E-state index contributed by atoms with van der Waals surface area (Å²) in [7, 11) is -3.54. The number of carbonyl (C=O) groups is 1. The molecule has 1 aromatic carbocycles. The number of hydrogen-bond donors (Lipinski definition) is 0. The summed E-state index contributed by atoms with van der Waals surface area (Å²) in [5.74, 6) is 0.457. The molecular weight excluding hydrogens is 366 g/mol. The Morgan fingerprint density at radius 2 is 2.00 bits per heavy atom. The molecule has 4 unspecified atom stereocenters. The predicted octanol–water partition coefficient (Wildman–Crippen LogP) is 3.92. The second kappa shape index (κ2) is 5.99. The van der Waals surface area contributed by atoms with Gasteiger partial charge in [-0.1, -0.05) is 39.0 Å². The van der Waals surface area contributed by atoms with Crippen LogP contribution in [-0.4, -0.2) is 35.7 Å². The Kier molecular flexibility index (Phi) is 4.23. The summed E-state index contributed by atoms with van der Waals surface area (Å²) < 4.78 is 27.4. The number of hydrogen-bond acceptors (Lipinski definition) is 4. The first kappa shape index (κ1) is 18.4. The van der Waals surface area contributed by atoms with Gasteiger partial charge in [-0.05, 0) is 49.1 Å². The fourth-order valence-electron chi connectivity index (χ4n) is 5.69. The van der Waals surface area contributed by atoms with Crippen LogP contribution in [0.2, 0.25) is 0 Å². The number of thioether (sulfide) groups is 1. The quantitative estimate of drug-likeness (QED) is 0.728. The molecule has 3 aliphatic rings.